The van der Waals surface area contributed by atoms with Crippen LogP contribution in [0.5, 0.6) is 0 Å². The molecule has 0 radical (unpaired) electrons. The third-order valence-corrected chi connectivity index (χ3v) is 9.69. The average molecular weight is 662 g/mol. The van der Waals surface area contributed by atoms with Gasteiger partial charge in [-0.15, -0.1) is 5.01 Å². The van der Waals surface area contributed by atoms with Crippen LogP contribution in [0.1, 0.15) is 162 Å². The molecule has 0 bridgehead atoms. The third-order valence-electron chi connectivity index (χ3n) is 9.69. The summed E-state index contributed by atoms with van der Waals surface area (Å²) in [6, 6.07) is 0.819. The summed E-state index contributed by atoms with van der Waals surface area (Å²) in [6.45, 7) is 13.6. The summed E-state index contributed by atoms with van der Waals surface area (Å²) in [6.07, 6.45) is 22.4. The maximum absolute atomic E-state index is 13.1. The van der Waals surface area contributed by atoms with Crippen LogP contribution in [0.2, 0.25) is 0 Å². The molecule has 0 aromatic carbocycles. The highest BCUT2D eigenvalue weighted by Gasteiger charge is 2.42. The van der Waals surface area contributed by atoms with Gasteiger partial charge in [0.25, 0.3) is 5.56 Å². The van der Waals surface area contributed by atoms with Crippen molar-refractivity contribution in [1.82, 2.24) is 20.6 Å². The van der Waals surface area contributed by atoms with Gasteiger partial charge in [-0.05, 0) is 55.8 Å². The number of ether oxygens (including phenoxy) is 1. The molecule has 1 heterocycles. The van der Waals surface area contributed by atoms with Crippen LogP contribution in [0.4, 0.5) is 15.5 Å². The number of aromatic nitrogens is 2. The Morgan fingerprint density at radius 3 is 2.06 bits per heavy atom. The fourth-order valence-corrected chi connectivity index (χ4v) is 7.57. The van der Waals surface area contributed by atoms with Crippen molar-refractivity contribution in [3.8, 4) is 0 Å². The van der Waals surface area contributed by atoms with Crippen molar-refractivity contribution >= 4 is 18.1 Å². The van der Waals surface area contributed by atoms with E-state index >= 15 is 0 Å². The molecule has 1 aromatic heterocycles. The smallest absolute Gasteiger partial charge is 0.441 e. The quantitative estimate of drug-likeness (QED) is 0.0380. The number of carbonyl (C=O) groups is 2. The number of unbranched alkanes of at least 4 members (excludes halogenated alkanes) is 12. The number of amides is 3. The molecule has 0 aliphatic heterocycles. The van der Waals surface area contributed by atoms with Crippen LogP contribution in [0.15, 0.2) is 10.9 Å². The summed E-state index contributed by atoms with van der Waals surface area (Å²) in [5.74, 6) is 6.55. The lowest BCUT2D eigenvalue weighted by Crippen LogP contribution is -3.17. The number of H-pyrrole nitrogens is 1. The lowest BCUT2D eigenvalue weighted by Gasteiger charge is -2.46. The lowest BCUT2D eigenvalue weighted by molar-refractivity contribution is -0.762. The van der Waals surface area contributed by atoms with Crippen LogP contribution in [0, 0.1) is 23.7 Å². The number of alkyl carbamates (subject to hydrolysis) is 1. The zero-order valence-electron chi connectivity index (χ0n) is 30.7. The van der Waals surface area contributed by atoms with Crippen molar-refractivity contribution in [2.75, 3.05) is 13.2 Å². The molecule has 1 aliphatic carbocycles. The molecular weight excluding hydrogens is 592 g/mol. The zero-order chi connectivity index (χ0) is 34.7. The van der Waals surface area contributed by atoms with Gasteiger partial charge >= 0.3 is 18.1 Å². The minimum atomic E-state index is -0.472. The molecule has 6 N–H and O–H groups in total. The van der Waals surface area contributed by atoms with Crippen molar-refractivity contribution in [2.45, 2.75) is 170 Å². The van der Waals surface area contributed by atoms with E-state index in [0.717, 1.165) is 25.7 Å². The molecule has 47 heavy (non-hydrogen) atoms. The minimum Gasteiger partial charge on any atom is -0.449 e. The van der Waals surface area contributed by atoms with E-state index < -0.39 is 6.03 Å². The second-order valence-corrected chi connectivity index (χ2v) is 15.5. The maximum Gasteiger partial charge on any atom is 0.441 e. The zero-order valence-corrected chi connectivity index (χ0v) is 30.7. The molecule has 1 aromatic rings. The molecule has 4 atom stereocenters. The van der Waals surface area contributed by atoms with Gasteiger partial charge in [0.2, 0.25) is 0 Å². The normalized spacial score (nSPS) is 20.4. The van der Waals surface area contributed by atoms with Crippen LogP contribution in [0.3, 0.4) is 0 Å². The predicted molar refractivity (Wildman–Crippen MR) is 191 cm³/mol. The number of hydrogen-bond donors (Lipinski definition) is 5. The number of nitrogens with one attached hydrogen (secondary N) is 4. The van der Waals surface area contributed by atoms with Crippen LogP contribution in [0.25, 0.3) is 0 Å². The molecule has 2 rings (SSSR count). The Kier molecular flexibility index (Phi) is 18.6. The Hall–Kier alpha value is -2.46. The number of aryl methyl sites for hydroxylation is 1. The highest BCUT2D eigenvalue weighted by molar-refractivity contribution is 5.67. The molecule has 1 fully saturated rings. The first-order chi connectivity index (χ1) is 22.4. The van der Waals surface area contributed by atoms with Gasteiger partial charge in [0, 0.05) is 18.7 Å². The molecule has 0 saturated heterocycles. The summed E-state index contributed by atoms with van der Waals surface area (Å²) in [5.41, 5.74) is -0.166. The van der Waals surface area contributed by atoms with Crippen molar-refractivity contribution in [1.29, 1.82) is 0 Å². The third kappa shape index (κ3) is 17.0. The molecule has 270 valence electrons. The van der Waals surface area contributed by atoms with Crippen LogP contribution < -0.4 is 27.0 Å². The number of carbonyl (C=O) groups excluding carboxylic acids is 2. The summed E-state index contributed by atoms with van der Waals surface area (Å²) >= 11 is 0. The van der Waals surface area contributed by atoms with Gasteiger partial charge in [-0.3, -0.25) is 9.78 Å². The van der Waals surface area contributed by atoms with E-state index in [1.54, 1.807) is 6.92 Å². The Morgan fingerprint density at radius 2 is 1.51 bits per heavy atom. The van der Waals surface area contributed by atoms with E-state index in [2.05, 4.69) is 55.2 Å². The Balaban J connectivity index is 1.87. The summed E-state index contributed by atoms with van der Waals surface area (Å²) < 4.78 is 5.88. The van der Waals surface area contributed by atoms with Crippen LogP contribution >= 0.6 is 0 Å². The largest absolute Gasteiger partial charge is 0.449 e. The molecular formula is C37H69N6O4+. The van der Waals surface area contributed by atoms with E-state index in [1.165, 1.54) is 96.0 Å². The molecule has 1 aliphatic rings. The van der Waals surface area contributed by atoms with E-state index in [4.69, 9.17) is 10.6 Å². The van der Waals surface area contributed by atoms with Gasteiger partial charge in [0.1, 0.15) is 0 Å². The first-order valence-corrected chi connectivity index (χ1v) is 18.8. The fraction of sp³-hybridized carbons (Fsp3) is 0.838. The maximum atomic E-state index is 13.1. The minimum absolute atomic E-state index is 0.0366. The van der Waals surface area contributed by atoms with Gasteiger partial charge in [0.15, 0.2) is 0 Å². The molecule has 3 amide bonds. The second-order valence-electron chi connectivity index (χ2n) is 15.5. The number of rotatable bonds is 22. The number of nitrogens with zero attached hydrogens (tertiary/aromatic N) is 1. The van der Waals surface area contributed by atoms with Crippen LogP contribution in [-0.4, -0.2) is 41.3 Å². The van der Waals surface area contributed by atoms with Crippen molar-refractivity contribution in [3.63, 3.8) is 0 Å². The number of hydrogen-bond acceptors (Lipinski definition) is 6. The van der Waals surface area contributed by atoms with Gasteiger partial charge in [-0.25, -0.2) is 9.59 Å². The molecule has 10 heteroatoms. The second kappa shape index (κ2) is 21.5. The van der Waals surface area contributed by atoms with Gasteiger partial charge in [-0.2, -0.15) is 10.8 Å². The average Bonchev–Trinajstić information content (AvgIpc) is 2.99. The SMILES string of the molecule is CCCCCCCCCCC(CCCCCCCC)COC(=O)NC1CC(C)(C)CC(C)(CNC(=O)[NH+](N)c2nc(C)cc(=O)[nH]2)C1. The van der Waals surface area contributed by atoms with Crippen LogP contribution in [-0.2, 0) is 4.74 Å². The molecule has 0 spiro atoms. The van der Waals surface area contributed by atoms with Crippen molar-refractivity contribution in [2.24, 2.45) is 22.6 Å². The Bertz CT molecular complexity index is 1110. The number of aromatic amines is 1. The number of quaternary nitrogens is 1. The monoisotopic (exact) mass is 662 g/mol. The van der Waals surface area contributed by atoms with E-state index in [0.29, 0.717) is 31.2 Å². The Labute approximate surface area is 285 Å². The molecule has 10 nitrogen and oxygen atoms in total. The standard InChI is InChI=1S/C37H68N6O4/c1-7-9-11-13-15-16-18-20-22-30(21-19-17-14-12-10-8-2)26-47-35(46)41-31-24-36(4,5)27-37(6,25-31)28-39-34(45)43(38)33-40-29(3)23-32(44)42-33/h23,30-31H,7-22,24-28,38H2,1-6H3,(H,39,45)(H,41,46)(H,40,42,44)/p+1. The van der Waals surface area contributed by atoms with E-state index in [-0.39, 0.29) is 39.5 Å². The highest BCUT2D eigenvalue weighted by atomic mass is 16.5. The van der Waals surface area contributed by atoms with Gasteiger partial charge in [-0.1, -0.05) is 125 Å². The fourth-order valence-electron chi connectivity index (χ4n) is 7.57. The number of nitrogens with two attached hydrogens (primary N) is 1. The number of nitrogen functional groups attached to an aromatic ring is 1. The van der Waals surface area contributed by atoms with E-state index in [1.807, 2.05) is 0 Å². The molecule has 1 saturated carbocycles. The lowest BCUT2D eigenvalue weighted by atomic mass is 9.62. The van der Waals surface area contributed by atoms with Crippen molar-refractivity contribution < 1.29 is 19.3 Å². The topological polar surface area (TPSA) is 144 Å². The summed E-state index contributed by atoms with van der Waals surface area (Å²) in [4.78, 5) is 44.6. The first-order valence-electron chi connectivity index (χ1n) is 18.8. The van der Waals surface area contributed by atoms with E-state index in [9.17, 15) is 14.4 Å². The highest BCUT2D eigenvalue weighted by Crippen LogP contribution is 2.45. The Morgan fingerprint density at radius 1 is 0.957 bits per heavy atom. The number of urea groups is 1. The summed E-state index contributed by atoms with van der Waals surface area (Å²) in [7, 11) is 0. The van der Waals surface area contributed by atoms with Gasteiger partial charge < -0.3 is 15.4 Å². The predicted octanol–water partition coefficient (Wildman–Crippen LogP) is 7.39. The molecule has 4 unspecified atom stereocenters. The van der Waals surface area contributed by atoms with Crippen molar-refractivity contribution in [3.05, 3.63) is 22.1 Å². The first kappa shape index (κ1) is 40.7. The van der Waals surface area contributed by atoms with Gasteiger partial charge in [0.05, 0.1) is 12.3 Å². The summed E-state index contributed by atoms with van der Waals surface area (Å²) in [5, 5.41) is 6.00.